The second-order valence-electron chi connectivity index (χ2n) is 5.20. The van der Waals surface area contributed by atoms with Gasteiger partial charge in [-0.1, -0.05) is 17.7 Å². The van der Waals surface area contributed by atoms with Crippen molar-refractivity contribution in [2.24, 2.45) is 5.92 Å². The van der Waals surface area contributed by atoms with Crippen molar-refractivity contribution in [1.29, 1.82) is 0 Å². The van der Waals surface area contributed by atoms with Crippen molar-refractivity contribution in [2.45, 2.75) is 33.6 Å². The molecular weight excluding hydrogens is 242 g/mol. The van der Waals surface area contributed by atoms with E-state index >= 15 is 0 Å². The highest BCUT2D eigenvalue weighted by Crippen LogP contribution is 2.30. The highest BCUT2D eigenvalue weighted by molar-refractivity contribution is 5.94. The Balaban J connectivity index is 1.93. The Hall–Kier alpha value is -1.84. The molecule has 0 radical (unpaired) electrons. The Labute approximate surface area is 113 Å². The molecule has 1 aromatic rings. The van der Waals surface area contributed by atoms with Gasteiger partial charge in [0.25, 0.3) is 5.91 Å². The molecule has 1 saturated carbocycles. The fourth-order valence-electron chi connectivity index (χ4n) is 2.13. The molecular formula is C15H19NO3. The van der Waals surface area contributed by atoms with Crippen LogP contribution in [0.2, 0.25) is 0 Å². The normalized spacial score (nSPS) is 14.1. The van der Waals surface area contributed by atoms with Crippen LogP contribution in [-0.2, 0) is 14.3 Å². The van der Waals surface area contributed by atoms with E-state index in [2.05, 4.69) is 5.32 Å². The van der Waals surface area contributed by atoms with Crippen LogP contribution in [0, 0.1) is 26.7 Å². The number of ether oxygens (including phenoxy) is 1. The average molecular weight is 261 g/mol. The van der Waals surface area contributed by atoms with Crippen LogP contribution >= 0.6 is 0 Å². The van der Waals surface area contributed by atoms with Crippen LogP contribution in [0.4, 0.5) is 5.69 Å². The van der Waals surface area contributed by atoms with E-state index in [9.17, 15) is 9.59 Å². The molecule has 0 heterocycles. The number of hydrogen-bond donors (Lipinski definition) is 1. The first-order valence-electron chi connectivity index (χ1n) is 6.51. The quantitative estimate of drug-likeness (QED) is 0.847. The van der Waals surface area contributed by atoms with Crippen molar-refractivity contribution in [3.8, 4) is 0 Å². The first-order chi connectivity index (χ1) is 8.97. The summed E-state index contributed by atoms with van der Waals surface area (Å²) in [5.41, 5.74) is 3.99. The summed E-state index contributed by atoms with van der Waals surface area (Å²) >= 11 is 0. The largest absolute Gasteiger partial charge is 0.455 e. The summed E-state index contributed by atoms with van der Waals surface area (Å²) in [6.45, 7) is 5.71. The van der Waals surface area contributed by atoms with E-state index in [4.69, 9.17) is 4.74 Å². The van der Waals surface area contributed by atoms with Gasteiger partial charge in [-0.05, 0) is 44.7 Å². The van der Waals surface area contributed by atoms with Crippen LogP contribution in [0.1, 0.15) is 29.5 Å². The third-order valence-electron chi connectivity index (χ3n) is 3.20. The van der Waals surface area contributed by atoms with E-state index in [1.165, 1.54) is 0 Å². The predicted octanol–water partition coefficient (Wildman–Crippen LogP) is 2.50. The van der Waals surface area contributed by atoms with Gasteiger partial charge >= 0.3 is 5.97 Å². The van der Waals surface area contributed by atoms with Crippen molar-refractivity contribution < 1.29 is 14.3 Å². The van der Waals surface area contributed by atoms with Gasteiger partial charge < -0.3 is 10.1 Å². The van der Waals surface area contributed by atoms with Gasteiger partial charge in [-0.25, -0.2) is 0 Å². The Morgan fingerprint density at radius 2 is 1.79 bits per heavy atom. The Morgan fingerprint density at radius 1 is 1.21 bits per heavy atom. The number of esters is 1. The summed E-state index contributed by atoms with van der Waals surface area (Å²) in [6, 6.07) is 4.03. The molecule has 1 aromatic carbocycles. The summed E-state index contributed by atoms with van der Waals surface area (Å²) < 4.78 is 4.95. The third kappa shape index (κ3) is 3.56. The highest BCUT2D eigenvalue weighted by atomic mass is 16.5. The van der Waals surface area contributed by atoms with Gasteiger partial charge in [-0.3, -0.25) is 9.59 Å². The summed E-state index contributed by atoms with van der Waals surface area (Å²) in [5.74, 6) is -0.521. The summed E-state index contributed by atoms with van der Waals surface area (Å²) in [4.78, 5) is 23.1. The zero-order valence-electron chi connectivity index (χ0n) is 11.6. The lowest BCUT2D eigenvalue weighted by molar-refractivity contribution is -0.148. The number of amides is 1. The molecule has 0 aromatic heterocycles. The van der Waals surface area contributed by atoms with Gasteiger partial charge in [0.05, 0.1) is 5.92 Å². The molecule has 1 N–H and O–H groups in total. The average Bonchev–Trinajstić information content (AvgIpc) is 3.14. The zero-order chi connectivity index (χ0) is 14.0. The first kappa shape index (κ1) is 13.6. The number of nitrogens with one attached hydrogen (secondary N) is 1. The van der Waals surface area contributed by atoms with Gasteiger partial charge in [-0.2, -0.15) is 0 Å². The number of carbonyl (C=O) groups is 2. The Kier molecular flexibility index (Phi) is 3.88. The van der Waals surface area contributed by atoms with Crippen LogP contribution in [0.3, 0.4) is 0 Å². The lowest BCUT2D eigenvalue weighted by atomic mass is 10.1. The SMILES string of the molecule is Cc1cc(C)c(NC(=O)COC(=O)C2CC2)c(C)c1. The number of hydrogen-bond acceptors (Lipinski definition) is 3. The second-order valence-corrected chi connectivity index (χ2v) is 5.20. The summed E-state index contributed by atoms with van der Waals surface area (Å²) in [7, 11) is 0. The smallest absolute Gasteiger partial charge is 0.309 e. The molecule has 0 atom stereocenters. The first-order valence-corrected chi connectivity index (χ1v) is 6.51. The molecule has 1 aliphatic rings. The van der Waals surface area contributed by atoms with Crippen molar-refractivity contribution in [3.05, 3.63) is 28.8 Å². The molecule has 4 heteroatoms. The van der Waals surface area contributed by atoms with Crippen LogP contribution in [-0.4, -0.2) is 18.5 Å². The minimum Gasteiger partial charge on any atom is -0.455 e. The molecule has 1 fully saturated rings. The molecule has 0 saturated heterocycles. The number of carbonyl (C=O) groups excluding carboxylic acids is 2. The molecule has 0 unspecified atom stereocenters. The molecule has 2 rings (SSSR count). The maximum absolute atomic E-state index is 11.8. The van der Waals surface area contributed by atoms with Crippen molar-refractivity contribution in [1.82, 2.24) is 0 Å². The van der Waals surface area contributed by atoms with Gasteiger partial charge in [0.15, 0.2) is 6.61 Å². The Bertz CT molecular complexity index is 495. The predicted molar refractivity (Wildman–Crippen MR) is 73.0 cm³/mol. The third-order valence-corrected chi connectivity index (χ3v) is 3.20. The van der Waals surface area contributed by atoms with Gasteiger partial charge in [0.1, 0.15) is 0 Å². The number of benzene rings is 1. The molecule has 0 aliphatic heterocycles. The van der Waals surface area contributed by atoms with E-state index < -0.39 is 0 Å². The van der Waals surface area contributed by atoms with Gasteiger partial charge in [-0.15, -0.1) is 0 Å². The summed E-state index contributed by atoms with van der Waals surface area (Å²) in [6.07, 6.45) is 1.77. The maximum atomic E-state index is 11.8. The highest BCUT2D eigenvalue weighted by Gasteiger charge is 2.31. The molecule has 102 valence electrons. The standard InChI is InChI=1S/C15H19NO3/c1-9-6-10(2)14(11(3)7-9)16-13(17)8-19-15(18)12-4-5-12/h6-7,12H,4-5,8H2,1-3H3,(H,16,17). The number of aryl methyl sites for hydroxylation is 3. The van der Waals surface area contributed by atoms with Gasteiger partial charge in [0, 0.05) is 5.69 Å². The molecule has 1 amide bonds. The van der Waals surface area contributed by atoms with Crippen molar-refractivity contribution in [2.75, 3.05) is 11.9 Å². The molecule has 0 spiro atoms. The van der Waals surface area contributed by atoms with Crippen LogP contribution in [0.25, 0.3) is 0 Å². The molecule has 1 aliphatic carbocycles. The molecule has 4 nitrogen and oxygen atoms in total. The van der Waals surface area contributed by atoms with E-state index in [1.807, 2.05) is 32.9 Å². The second kappa shape index (κ2) is 5.43. The minimum absolute atomic E-state index is 0.0237. The lowest BCUT2D eigenvalue weighted by Crippen LogP contribution is -2.22. The van der Waals surface area contributed by atoms with Crippen molar-refractivity contribution >= 4 is 17.6 Å². The molecule has 0 bridgehead atoms. The number of rotatable bonds is 4. The van der Waals surface area contributed by atoms with Crippen LogP contribution < -0.4 is 5.32 Å². The van der Waals surface area contributed by atoms with E-state index in [1.54, 1.807) is 0 Å². The Morgan fingerprint density at radius 3 is 2.32 bits per heavy atom. The van der Waals surface area contributed by atoms with Crippen molar-refractivity contribution in [3.63, 3.8) is 0 Å². The molecule has 19 heavy (non-hydrogen) atoms. The fraction of sp³-hybridized carbons (Fsp3) is 0.467. The maximum Gasteiger partial charge on any atom is 0.309 e. The zero-order valence-corrected chi connectivity index (χ0v) is 11.6. The monoisotopic (exact) mass is 261 g/mol. The van der Waals surface area contributed by atoms with E-state index in [0.717, 1.165) is 35.2 Å². The van der Waals surface area contributed by atoms with E-state index in [0.29, 0.717) is 0 Å². The van der Waals surface area contributed by atoms with Crippen LogP contribution in [0.15, 0.2) is 12.1 Å². The minimum atomic E-state index is -0.288. The topological polar surface area (TPSA) is 55.4 Å². The van der Waals surface area contributed by atoms with Crippen LogP contribution in [0.5, 0.6) is 0 Å². The van der Waals surface area contributed by atoms with Gasteiger partial charge in [0.2, 0.25) is 0 Å². The lowest BCUT2D eigenvalue weighted by Gasteiger charge is -2.12. The number of anilines is 1. The van der Waals surface area contributed by atoms with E-state index in [-0.39, 0.29) is 24.4 Å². The fourth-order valence-corrected chi connectivity index (χ4v) is 2.13. The summed E-state index contributed by atoms with van der Waals surface area (Å²) in [5, 5.41) is 2.80.